The molecular weight excluding hydrogens is 450 g/mol. The molecular formula is C26H29N3O4S. The Kier molecular flexibility index (Phi) is 7.47. The molecule has 3 aromatic rings. The lowest BCUT2D eigenvalue weighted by Gasteiger charge is -2.26. The molecule has 178 valence electrons. The Morgan fingerprint density at radius 1 is 1.03 bits per heavy atom. The molecule has 0 spiro atoms. The van der Waals surface area contributed by atoms with Crippen molar-refractivity contribution in [2.45, 2.75) is 32.7 Å². The summed E-state index contributed by atoms with van der Waals surface area (Å²) in [4.78, 5) is 32.8. The second-order valence-corrected chi connectivity index (χ2v) is 9.24. The van der Waals surface area contributed by atoms with Gasteiger partial charge in [0.15, 0.2) is 11.5 Å². The number of nitrogens with zero attached hydrogens (tertiary/aromatic N) is 2. The van der Waals surface area contributed by atoms with E-state index in [2.05, 4.69) is 10.3 Å². The Balaban J connectivity index is 1.44. The summed E-state index contributed by atoms with van der Waals surface area (Å²) in [6.07, 6.45) is 3.29. The normalized spacial score (nSPS) is 13.4. The molecule has 2 heterocycles. The minimum atomic E-state index is -0.186. The largest absolute Gasteiger partial charge is 0.493 e. The molecule has 0 atom stereocenters. The van der Waals surface area contributed by atoms with Gasteiger partial charge in [-0.2, -0.15) is 0 Å². The summed E-state index contributed by atoms with van der Waals surface area (Å²) in [5.74, 6) is 1.12. The molecule has 7 nitrogen and oxygen atoms in total. The highest BCUT2D eigenvalue weighted by Gasteiger charge is 2.20. The smallest absolute Gasteiger partial charge is 0.263 e. The van der Waals surface area contributed by atoms with Crippen LogP contribution in [0, 0.1) is 6.92 Å². The van der Waals surface area contributed by atoms with Crippen molar-refractivity contribution < 1.29 is 19.1 Å². The topological polar surface area (TPSA) is 80.8 Å². The van der Waals surface area contributed by atoms with Crippen molar-refractivity contribution in [2.75, 3.05) is 27.3 Å². The Labute approximate surface area is 203 Å². The summed E-state index contributed by atoms with van der Waals surface area (Å²) < 4.78 is 10.7. The van der Waals surface area contributed by atoms with Crippen molar-refractivity contribution in [2.24, 2.45) is 0 Å². The number of nitrogens with one attached hydrogen (secondary N) is 1. The average molecular weight is 480 g/mol. The molecule has 8 heteroatoms. The van der Waals surface area contributed by atoms with Crippen molar-refractivity contribution in [3.63, 3.8) is 0 Å². The molecule has 34 heavy (non-hydrogen) atoms. The average Bonchev–Trinajstić information content (AvgIpc) is 3.28. The number of carbonyl (C=O) groups excluding carboxylic acids is 2. The van der Waals surface area contributed by atoms with E-state index in [-0.39, 0.29) is 11.8 Å². The van der Waals surface area contributed by atoms with Gasteiger partial charge in [-0.05, 0) is 62.1 Å². The summed E-state index contributed by atoms with van der Waals surface area (Å²) in [6, 6.07) is 13.1. The van der Waals surface area contributed by atoms with E-state index in [1.54, 1.807) is 14.2 Å². The van der Waals surface area contributed by atoms with Crippen LogP contribution in [0.2, 0.25) is 0 Å². The second kappa shape index (κ2) is 10.7. The van der Waals surface area contributed by atoms with Crippen LogP contribution in [0.4, 0.5) is 0 Å². The fraction of sp³-hybridized carbons (Fsp3) is 0.346. The van der Waals surface area contributed by atoms with E-state index in [9.17, 15) is 9.59 Å². The molecule has 0 saturated carbocycles. The Hall–Kier alpha value is -3.39. The van der Waals surface area contributed by atoms with Crippen LogP contribution < -0.4 is 14.8 Å². The maximum atomic E-state index is 12.9. The van der Waals surface area contributed by atoms with Gasteiger partial charge in [-0.15, -0.1) is 11.3 Å². The van der Waals surface area contributed by atoms with E-state index in [1.807, 2.05) is 54.3 Å². The molecule has 1 fully saturated rings. The van der Waals surface area contributed by atoms with E-state index in [4.69, 9.17) is 9.47 Å². The number of hydrogen-bond donors (Lipinski definition) is 1. The zero-order valence-corrected chi connectivity index (χ0v) is 20.5. The molecule has 0 radical (unpaired) electrons. The summed E-state index contributed by atoms with van der Waals surface area (Å²) in [5.41, 5.74) is 3.08. The fourth-order valence-corrected chi connectivity index (χ4v) is 5.04. The van der Waals surface area contributed by atoms with E-state index < -0.39 is 0 Å². The van der Waals surface area contributed by atoms with Crippen LogP contribution in [0.25, 0.3) is 10.6 Å². The molecule has 1 saturated heterocycles. The SMILES string of the molecule is COc1ccc(-c2nc(C)c(C(=O)NCc3cccc(C(=O)N4CCCCC4)c3)s2)cc1OC. The van der Waals surface area contributed by atoms with Crippen molar-refractivity contribution in [1.82, 2.24) is 15.2 Å². The number of aromatic nitrogens is 1. The van der Waals surface area contributed by atoms with Gasteiger partial charge in [-0.1, -0.05) is 12.1 Å². The van der Waals surface area contributed by atoms with Crippen molar-refractivity contribution in [3.8, 4) is 22.1 Å². The molecule has 4 rings (SSSR count). The first-order chi connectivity index (χ1) is 16.5. The number of benzene rings is 2. The summed E-state index contributed by atoms with van der Waals surface area (Å²) in [5, 5.41) is 3.70. The van der Waals surface area contributed by atoms with Gasteiger partial charge in [-0.25, -0.2) is 4.98 Å². The lowest BCUT2D eigenvalue weighted by Crippen LogP contribution is -2.35. The lowest BCUT2D eigenvalue weighted by molar-refractivity contribution is 0.0724. The van der Waals surface area contributed by atoms with E-state index in [0.717, 1.165) is 42.1 Å². The Morgan fingerprint density at radius 2 is 1.79 bits per heavy atom. The third kappa shape index (κ3) is 5.22. The second-order valence-electron chi connectivity index (χ2n) is 8.24. The summed E-state index contributed by atoms with van der Waals surface area (Å²) in [6.45, 7) is 3.79. The number of amides is 2. The first-order valence-electron chi connectivity index (χ1n) is 11.4. The zero-order valence-electron chi connectivity index (χ0n) is 19.7. The molecule has 2 aromatic carbocycles. The minimum absolute atomic E-state index is 0.0609. The van der Waals surface area contributed by atoms with Crippen molar-refractivity contribution >= 4 is 23.2 Å². The Morgan fingerprint density at radius 3 is 2.53 bits per heavy atom. The highest BCUT2D eigenvalue weighted by atomic mass is 32.1. The van der Waals surface area contributed by atoms with Crippen LogP contribution >= 0.6 is 11.3 Å². The molecule has 0 bridgehead atoms. The monoisotopic (exact) mass is 479 g/mol. The number of piperidine rings is 1. The van der Waals surface area contributed by atoms with Gasteiger partial charge in [0.2, 0.25) is 0 Å². The van der Waals surface area contributed by atoms with Gasteiger partial charge in [0.05, 0.1) is 19.9 Å². The van der Waals surface area contributed by atoms with Crippen LogP contribution in [-0.2, 0) is 6.54 Å². The minimum Gasteiger partial charge on any atom is -0.493 e. The van der Waals surface area contributed by atoms with E-state index in [0.29, 0.717) is 34.2 Å². The van der Waals surface area contributed by atoms with E-state index in [1.165, 1.54) is 17.8 Å². The molecule has 1 aliphatic heterocycles. The number of thiazole rings is 1. The number of ether oxygens (including phenoxy) is 2. The molecule has 1 aliphatic rings. The number of hydrogen-bond acceptors (Lipinski definition) is 6. The van der Waals surface area contributed by atoms with Gasteiger partial charge in [0.1, 0.15) is 9.88 Å². The number of rotatable bonds is 7. The first kappa shape index (κ1) is 23.8. The highest BCUT2D eigenvalue weighted by Crippen LogP contribution is 2.35. The van der Waals surface area contributed by atoms with Crippen molar-refractivity contribution in [1.29, 1.82) is 0 Å². The predicted molar refractivity (Wildman–Crippen MR) is 133 cm³/mol. The zero-order chi connectivity index (χ0) is 24.1. The van der Waals surface area contributed by atoms with Crippen LogP contribution in [0.3, 0.4) is 0 Å². The number of aryl methyl sites for hydroxylation is 1. The molecule has 1 aromatic heterocycles. The third-order valence-electron chi connectivity index (χ3n) is 5.90. The maximum absolute atomic E-state index is 12.9. The van der Waals surface area contributed by atoms with Gasteiger partial charge in [-0.3, -0.25) is 9.59 Å². The lowest BCUT2D eigenvalue weighted by atomic mass is 10.1. The number of carbonyl (C=O) groups is 2. The van der Waals surface area contributed by atoms with E-state index >= 15 is 0 Å². The summed E-state index contributed by atoms with van der Waals surface area (Å²) >= 11 is 1.34. The number of methoxy groups -OCH3 is 2. The van der Waals surface area contributed by atoms with Crippen LogP contribution in [0.5, 0.6) is 11.5 Å². The quantitative estimate of drug-likeness (QED) is 0.532. The van der Waals surface area contributed by atoms with Gasteiger partial charge >= 0.3 is 0 Å². The highest BCUT2D eigenvalue weighted by molar-refractivity contribution is 7.17. The molecule has 2 amide bonds. The molecule has 1 N–H and O–H groups in total. The van der Waals surface area contributed by atoms with Gasteiger partial charge in [0, 0.05) is 30.8 Å². The standard InChI is InChI=1S/C26H29N3O4S/c1-17-23(34-25(28-17)19-10-11-21(32-2)22(15-19)33-3)24(30)27-16-18-8-7-9-20(14-18)26(31)29-12-5-4-6-13-29/h7-11,14-15H,4-6,12-13,16H2,1-3H3,(H,27,30). The van der Waals surface area contributed by atoms with Crippen LogP contribution in [-0.4, -0.2) is 49.0 Å². The first-order valence-corrected chi connectivity index (χ1v) is 12.2. The predicted octanol–water partition coefficient (Wildman–Crippen LogP) is 4.69. The maximum Gasteiger partial charge on any atom is 0.263 e. The van der Waals surface area contributed by atoms with Crippen LogP contribution in [0.15, 0.2) is 42.5 Å². The number of likely N-dealkylation sites (tertiary alicyclic amines) is 1. The van der Waals surface area contributed by atoms with Crippen molar-refractivity contribution in [3.05, 3.63) is 64.2 Å². The van der Waals surface area contributed by atoms with Gasteiger partial charge < -0.3 is 19.7 Å². The fourth-order valence-electron chi connectivity index (χ4n) is 4.06. The van der Waals surface area contributed by atoms with Gasteiger partial charge in [0.25, 0.3) is 11.8 Å². The molecule has 0 unspecified atom stereocenters. The third-order valence-corrected chi connectivity index (χ3v) is 7.11. The Bertz CT molecular complexity index is 1180. The molecule has 0 aliphatic carbocycles. The summed E-state index contributed by atoms with van der Waals surface area (Å²) in [7, 11) is 3.18. The van der Waals surface area contributed by atoms with Crippen LogP contribution in [0.1, 0.15) is 50.5 Å².